The molecule has 0 nitrogen and oxygen atoms in total. The highest BCUT2D eigenvalue weighted by Crippen LogP contribution is 2.08. The molecule has 0 spiro atoms. The van der Waals surface area contributed by atoms with Crippen molar-refractivity contribution in [2.24, 2.45) is 5.92 Å². The van der Waals surface area contributed by atoms with Gasteiger partial charge in [0.1, 0.15) is 0 Å². The highest BCUT2D eigenvalue weighted by Gasteiger charge is 1.95. The zero-order valence-corrected chi connectivity index (χ0v) is 6.54. The monoisotopic (exact) mass is 160 g/mol. The zero-order chi connectivity index (χ0) is 6.41. The van der Waals surface area contributed by atoms with Crippen LogP contribution in [0, 0.1) is 5.92 Å². The maximum absolute atomic E-state index is 5.50. The average Bonchev–Trinajstić information content (AvgIpc) is 1.83. The van der Waals surface area contributed by atoms with Crippen molar-refractivity contribution in [2.75, 3.05) is 5.88 Å². The molecule has 0 N–H and O–H groups in total. The summed E-state index contributed by atoms with van der Waals surface area (Å²) in [5.41, 5.74) is 0. The summed E-state index contributed by atoms with van der Waals surface area (Å²) in [7, 11) is 0. The minimum atomic E-state index is 0. The minimum Gasteiger partial charge on any atom is -0.127 e. The van der Waals surface area contributed by atoms with Gasteiger partial charge >= 0.3 is 23.1 Å². The van der Waals surface area contributed by atoms with Crippen LogP contribution in [0.4, 0.5) is 0 Å². The Balaban J connectivity index is 0. The SMILES string of the molecule is CCC(C)CCCCl.[MgH2]. The third-order valence-corrected chi connectivity index (χ3v) is 1.79. The molecular formula is C7H17ClMg. The second-order valence-electron chi connectivity index (χ2n) is 2.34. The van der Waals surface area contributed by atoms with E-state index in [0.29, 0.717) is 0 Å². The maximum Gasteiger partial charge on any atom is 0.316 e. The van der Waals surface area contributed by atoms with Gasteiger partial charge < -0.3 is 0 Å². The van der Waals surface area contributed by atoms with Crippen molar-refractivity contribution in [3.05, 3.63) is 0 Å². The molecule has 2 heteroatoms. The molecule has 0 saturated carbocycles. The molecule has 0 amide bonds. The van der Waals surface area contributed by atoms with E-state index in [1.807, 2.05) is 0 Å². The summed E-state index contributed by atoms with van der Waals surface area (Å²) < 4.78 is 0. The Morgan fingerprint density at radius 1 is 1.44 bits per heavy atom. The van der Waals surface area contributed by atoms with Crippen molar-refractivity contribution >= 4 is 34.7 Å². The standard InChI is InChI=1S/C7H15Cl.Mg.2H/c1-3-7(2)5-4-6-8;;;/h7H,3-6H2,1-2H3;;;. The van der Waals surface area contributed by atoms with Crippen LogP contribution in [0.2, 0.25) is 0 Å². The molecule has 0 heterocycles. The van der Waals surface area contributed by atoms with Crippen molar-refractivity contribution in [1.82, 2.24) is 0 Å². The van der Waals surface area contributed by atoms with Crippen molar-refractivity contribution in [3.63, 3.8) is 0 Å². The first-order valence-electron chi connectivity index (χ1n) is 3.37. The molecule has 9 heavy (non-hydrogen) atoms. The molecule has 0 aliphatic carbocycles. The smallest absolute Gasteiger partial charge is 0.127 e. The van der Waals surface area contributed by atoms with Gasteiger partial charge in [-0.25, -0.2) is 0 Å². The molecule has 0 aromatic carbocycles. The average molecular weight is 161 g/mol. The maximum atomic E-state index is 5.50. The summed E-state index contributed by atoms with van der Waals surface area (Å²) >= 11 is 5.50. The molecular weight excluding hydrogens is 144 g/mol. The number of halogens is 1. The summed E-state index contributed by atoms with van der Waals surface area (Å²) in [6, 6.07) is 0. The molecule has 1 unspecified atom stereocenters. The molecule has 0 fully saturated rings. The normalized spacial score (nSPS) is 12.3. The molecule has 0 radical (unpaired) electrons. The number of hydrogen-bond acceptors (Lipinski definition) is 0. The van der Waals surface area contributed by atoms with Gasteiger partial charge in [0.15, 0.2) is 0 Å². The summed E-state index contributed by atoms with van der Waals surface area (Å²) in [4.78, 5) is 0. The first-order chi connectivity index (χ1) is 3.81. The van der Waals surface area contributed by atoms with Crippen LogP contribution in [-0.4, -0.2) is 28.9 Å². The lowest BCUT2D eigenvalue weighted by molar-refractivity contribution is 0.510. The van der Waals surface area contributed by atoms with Crippen LogP contribution < -0.4 is 0 Å². The Morgan fingerprint density at radius 3 is 2.33 bits per heavy atom. The van der Waals surface area contributed by atoms with Crippen LogP contribution in [0.1, 0.15) is 33.1 Å². The Bertz CT molecular complexity index is 48.2. The lowest BCUT2D eigenvalue weighted by atomic mass is 10.0. The highest BCUT2D eigenvalue weighted by molar-refractivity contribution is 6.17. The fraction of sp³-hybridized carbons (Fsp3) is 1.00. The van der Waals surface area contributed by atoms with Crippen LogP contribution in [0.15, 0.2) is 0 Å². The lowest BCUT2D eigenvalue weighted by Crippen LogP contribution is -1.91. The van der Waals surface area contributed by atoms with E-state index >= 15 is 0 Å². The quantitative estimate of drug-likeness (QED) is 0.437. The second-order valence-corrected chi connectivity index (χ2v) is 2.72. The van der Waals surface area contributed by atoms with E-state index in [-0.39, 0.29) is 23.1 Å². The van der Waals surface area contributed by atoms with Crippen LogP contribution in [0.3, 0.4) is 0 Å². The predicted molar refractivity (Wildman–Crippen MR) is 48.0 cm³/mol. The number of alkyl halides is 1. The van der Waals surface area contributed by atoms with E-state index in [0.717, 1.165) is 11.8 Å². The van der Waals surface area contributed by atoms with Crippen LogP contribution in [-0.2, 0) is 0 Å². The fourth-order valence-electron chi connectivity index (χ4n) is 0.630. The molecule has 0 aliphatic heterocycles. The van der Waals surface area contributed by atoms with Gasteiger partial charge in [0.25, 0.3) is 0 Å². The van der Waals surface area contributed by atoms with Gasteiger partial charge in [-0.2, -0.15) is 0 Å². The third-order valence-electron chi connectivity index (χ3n) is 1.53. The van der Waals surface area contributed by atoms with Crippen molar-refractivity contribution < 1.29 is 0 Å². The summed E-state index contributed by atoms with van der Waals surface area (Å²) in [5, 5.41) is 0. The van der Waals surface area contributed by atoms with E-state index in [9.17, 15) is 0 Å². The fourth-order valence-corrected chi connectivity index (χ4v) is 0.784. The second kappa shape index (κ2) is 9.06. The van der Waals surface area contributed by atoms with E-state index in [4.69, 9.17) is 11.6 Å². The van der Waals surface area contributed by atoms with Crippen LogP contribution >= 0.6 is 11.6 Å². The van der Waals surface area contributed by atoms with Gasteiger partial charge in [0.05, 0.1) is 0 Å². The molecule has 0 bridgehead atoms. The molecule has 1 atom stereocenters. The van der Waals surface area contributed by atoms with Gasteiger partial charge in [-0.15, -0.1) is 11.6 Å². The van der Waals surface area contributed by atoms with Gasteiger partial charge in [-0.1, -0.05) is 20.3 Å². The van der Waals surface area contributed by atoms with E-state index in [1.165, 1.54) is 19.3 Å². The number of hydrogen-bond donors (Lipinski definition) is 0. The van der Waals surface area contributed by atoms with E-state index < -0.39 is 0 Å². The Labute approximate surface area is 79.5 Å². The summed E-state index contributed by atoms with van der Waals surface area (Å²) in [6.45, 7) is 4.49. The van der Waals surface area contributed by atoms with Gasteiger partial charge in [0.2, 0.25) is 0 Å². The topological polar surface area (TPSA) is 0 Å². The van der Waals surface area contributed by atoms with E-state index in [2.05, 4.69) is 13.8 Å². The van der Waals surface area contributed by atoms with Crippen LogP contribution in [0.25, 0.3) is 0 Å². The van der Waals surface area contributed by atoms with Gasteiger partial charge in [-0.05, 0) is 18.8 Å². The van der Waals surface area contributed by atoms with Crippen LogP contribution in [0.5, 0.6) is 0 Å². The molecule has 0 aromatic heterocycles. The molecule has 54 valence electrons. The van der Waals surface area contributed by atoms with E-state index in [1.54, 1.807) is 0 Å². The Hall–Kier alpha value is 1.06. The predicted octanol–water partition coefficient (Wildman–Crippen LogP) is 2.14. The number of rotatable bonds is 4. The molecule has 0 aliphatic rings. The Kier molecular flexibility index (Phi) is 12.8. The third kappa shape index (κ3) is 9.06. The van der Waals surface area contributed by atoms with Gasteiger partial charge in [-0.3, -0.25) is 0 Å². The van der Waals surface area contributed by atoms with Gasteiger partial charge in [0, 0.05) is 5.88 Å². The first kappa shape index (κ1) is 12.7. The van der Waals surface area contributed by atoms with Crippen molar-refractivity contribution in [3.8, 4) is 0 Å². The first-order valence-corrected chi connectivity index (χ1v) is 3.90. The summed E-state index contributed by atoms with van der Waals surface area (Å²) in [6.07, 6.45) is 3.76. The Morgan fingerprint density at radius 2 is 2.00 bits per heavy atom. The largest absolute Gasteiger partial charge is 0.316 e. The molecule has 0 saturated heterocycles. The molecule has 0 aromatic rings. The summed E-state index contributed by atoms with van der Waals surface area (Å²) in [5.74, 6) is 1.69. The zero-order valence-electron chi connectivity index (χ0n) is 5.78. The van der Waals surface area contributed by atoms with Crippen molar-refractivity contribution in [2.45, 2.75) is 33.1 Å². The molecule has 0 rings (SSSR count). The lowest BCUT2D eigenvalue weighted by Gasteiger charge is -2.03. The highest BCUT2D eigenvalue weighted by atomic mass is 35.5. The minimum absolute atomic E-state index is 0. The van der Waals surface area contributed by atoms with Crippen molar-refractivity contribution in [1.29, 1.82) is 0 Å².